The minimum Gasteiger partial charge on any atom is -0.495 e. The SMILES string of the molecule is COc1ccccc1N1CCN(C(=O)OC(C)(C)C)CC1. The Morgan fingerprint density at radius 1 is 1.10 bits per heavy atom. The minimum absolute atomic E-state index is 0.234. The van der Waals surface area contributed by atoms with Gasteiger partial charge in [-0.3, -0.25) is 0 Å². The van der Waals surface area contributed by atoms with Crippen LogP contribution in [0.1, 0.15) is 20.8 Å². The molecule has 0 bridgehead atoms. The number of piperazine rings is 1. The Labute approximate surface area is 126 Å². The van der Waals surface area contributed by atoms with Gasteiger partial charge >= 0.3 is 6.09 Å². The Morgan fingerprint density at radius 3 is 2.29 bits per heavy atom. The lowest BCUT2D eigenvalue weighted by Gasteiger charge is -2.37. The lowest BCUT2D eigenvalue weighted by Crippen LogP contribution is -2.50. The highest BCUT2D eigenvalue weighted by molar-refractivity contribution is 5.69. The van der Waals surface area contributed by atoms with Gasteiger partial charge in [0, 0.05) is 26.2 Å². The van der Waals surface area contributed by atoms with Crippen molar-refractivity contribution in [2.75, 3.05) is 38.2 Å². The van der Waals surface area contributed by atoms with Crippen molar-refractivity contribution in [2.24, 2.45) is 0 Å². The van der Waals surface area contributed by atoms with Crippen LogP contribution in [0.15, 0.2) is 24.3 Å². The molecule has 1 aromatic rings. The summed E-state index contributed by atoms with van der Waals surface area (Å²) in [5.41, 5.74) is 0.625. The molecule has 0 N–H and O–H groups in total. The van der Waals surface area contributed by atoms with Crippen LogP contribution in [0.4, 0.5) is 10.5 Å². The monoisotopic (exact) mass is 292 g/mol. The van der Waals surface area contributed by atoms with Gasteiger partial charge in [-0.05, 0) is 32.9 Å². The standard InChI is InChI=1S/C16H24N2O3/c1-16(2,3)21-15(19)18-11-9-17(10-12-18)13-7-5-6-8-14(13)20-4/h5-8H,9-12H2,1-4H3. The molecule has 5 heteroatoms. The third kappa shape index (κ3) is 4.03. The predicted octanol–water partition coefficient (Wildman–Crippen LogP) is 2.75. The molecule has 0 radical (unpaired) electrons. The van der Waals surface area contributed by atoms with Crippen LogP contribution in [0.2, 0.25) is 0 Å². The summed E-state index contributed by atoms with van der Waals surface area (Å²) in [6, 6.07) is 7.95. The molecule has 5 nitrogen and oxygen atoms in total. The normalized spacial score (nSPS) is 15.8. The van der Waals surface area contributed by atoms with Crippen molar-refractivity contribution in [3.8, 4) is 5.75 Å². The van der Waals surface area contributed by atoms with Crippen LogP contribution in [-0.2, 0) is 4.74 Å². The molecule has 1 saturated heterocycles. The van der Waals surface area contributed by atoms with Crippen molar-refractivity contribution in [2.45, 2.75) is 26.4 Å². The van der Waals surface area contributed by atoms with Crippen LogP contribution in [-0.4, -0.2) is 49.9 Å². The number of anilines is 1. The molecule has 0 aromatic heterocycles. The number of nitrogens with zero attached hydrogens (tertiary/aromatic N) is 2. The first kappa shape index (κ1) is 15.5. The van der Waals surface area contributed by atoms with Crippen LogP contribution in [0.25, 0.3) is 0 Å². The van der Waals surface area contributed by atoms with Gasteiger partial charge in [-0.2, -0.15) is 0 Å². The number of hydrogen-bond acceptors (Lipinski definition) is 4. The van der Waals surface area contributed by atoms with Crippen LogP contribution in [0.5, 0.6) is 5.75 Å². The van der Waals surface area contributed by atoms with E-state index < -0.39 is 5.60 Å². The molecule has 1 aromatic carbocycles. The average molecular weight is 292 g/mol. The van der Waals surface area contributed by atoms with Crippen LogP contribution in [0.3, 0.4) is 0 Å². The van der Waals surface area contributed by atoms with E-state index in [9.17, 15) is 4.79 Å². The number of methoxy groups -OCH3 is 1. The first-order chi connectivity index (χ1) is 9.90. The van der Waals surface area contributed by atoms with Gasteiger partial charge in [-0.1, -0.05) is 12.1 Å². The van der Waals surface area contributed by atoms with Crippen molar-refractivity contribution in [3.05, 3.63) is 24.3 Å². The maximum absolute atomic E-state index is 12.0. The highest BCUT2D eigenvalue weighted by atomic mass is 16.6. The van der Waals surface area contributed by atoms with Crippen molar-refractivity contribution in [3.63, 3.8) is 0 Å². The molecule has 1 fully saturated rings. The molecule has 1 aliphatic rings. The second-order valence-corrected chi connectivity index (χ2v) is 6.13. The largest absolute Gasteiger partial charge is 0.495 e. The van der Waals surface area contributed by atoms with Crippen molar-refractivity contribution in [1.82, 2.24) is 4.90 Å². The van der Waals surface area contributed by atoms with E-state index in [0.717, 1.165) is 24.5 Å². The summed E-state index contributed by atoms with van der Waals surface area (Å²) in [7, 11) is 1.68. The van der Waals surface area contributed by atoms with Crippen molar-refractivity contribution in [1.29, 1.82) is 0 Å². The summed E-state index contributed by atoms with van der Waals surface area (Å²) in [5.74, 6) is 0.864. The Hall–Kier alpha value is -1.91. The quantitative estimate of drug-likeness (QED) is 0.840. The molecule has 0 atom stereocenters. The van der Waals surface area contributed by atoms with Gasteiger partial charge in [0.25, 0.3) is 0 Å². The van der Waals surface area contributed by atoms with Gasteiger partial charge in [0.05, 0.1) is 12.8 Å². The second-order valence-electron chi connectivity index (χ2n) is 6.13. The number of ether oxygens (including phenoxy) is 2. The zero-order chi connectivity index (χ0) is 15.5. The van der Waals surface area contributed by atoms with E-state index in [1.807, 2.05) is 45.0 Å². The van der Waals surface area contributed by atoms with Gasteiger partial charge in [-0.15, -0.1) is 0 Å². The molecular formula is C16H24N2O3. The van der Waals surface area contributed by atoms with E-state index in [2.05, 4.69) is 4.90 Å². The van der Waals surface area contributed by atoms with E-state index in [4.69, 9.17) is 9.47 Å². The molecule has 0 saturated carbocycles. The number of benzene rings is 1. The van der Waals surface area contributed by atoms with E-state index in [-0.39, 0.29) is 6.09 Å². The Kier molecular flexibility index (Phi) is 4.60. The fourth-order valence-electron chi connectivity index (χ4n) is 2.35. The highest BCUT2D eigenvalue weighted by Crippen LogP contribution is 2.28. The maximum Gasteiger partial charge on any atom is 0.410 e. The molecule has 0 aliphatic carbocycles. The molecule has 0 unspecified atom stereocenters. The molecule has 1 amide bonds. The lowest BCUT2D eigenvalue weighted by atomic mass is 10.2. The third-order valence-corrected chi connectivity index (χ3v) is 3.36. The van der Waals surface area contributed by atoms with E-state index in [1.165, 1.54) is 0 Å². The number of carbonyl (C=O) groups is 1. The predicted molar refractivity (Wildman–Crippen MR) is 83.0 cm³/mol. The summed E-state index contributed by atoms with van der Waals surface area (Å²) >= 11 is 0. The number of amides is 1. The number of hydrogen-bond donors (Lipinski definition) is 0. The van der Waals surface area contributed by atoms with Crippen LogP contribution >= 0.6 is 0 Å². The van der Waals surface area contributed by atoms with E-state index >= 15 is 0 Å². The molecule has 1 heterocycles. The van der Waals surface area contributed by atoms with Gasteiger partial charge in [0.15, 0.2) is 0 Å². The number of carbonyl (C=O) groups excluding carboxylic acids is 1. The second kappa shape index (κ2) is 6.24. The summed E-state index contributed by atoms with van der Waals surface area (Å²) in [6.07, 6.45) is -0.234. The van der Waals surface area contributed by atoms with E-state index in [1.54, 1.807) is 12.0 Å². The van der Waals surface area contributed by atoms with Gasteiger partial charge in [0.2, 0.25) is 0 Å². The molecule has 0 spiro atoms. The smallest absolute Gasteiger partial charge is 0.410 e. The summed E-state index contributed by atoms with van der Waals surface area (Å²) in [5, 5.41) is 0. The lowest BCUT2D eigenvalue weighted by molar-refractivity contribution is 0.0240. The molecule has 21 heavy (non-hydrogen) atoms. The highest BCUT2D eigenvalue weighted by Gasteiger charge is 2.26. The van der Waals surface area contributed by atoms with E-state index in [0.29, 0.717) is 13.1 Å². The zero-order valence-corrected chi connectivity index (χ0v) is 13.3. The van der Waals surface area contributed by atoms with Crippen molar-refractivity contribution >= 4 is 11.8 Å². The van der Waals surface area contributed by atoms with Crippen molar-refractivity contribution < 1.29 is 14.3 Å². The number of rotatable bonds is 2. The molecule has 1 aliphatic heterocycles. The van der Waals surface area contributed by atoms with Gasteiger partial charge < -0.3 is 19.3 Å². The Balaban J connectivity index is 1.96. The summed E-state index contributed by atoms with van der Waals surface area (Å²) in [4.78, 5) is 16.0. The van der Waals surface area contributed by atoms with Gasteiger partial charge in [-0.25, -0.2) is 4.79 Å². The maximum atomic E-state index is 12.0. The topological polar surface area (TPSA) is 42.0 Å². The fourth-order valence-corrected chi connectivity index (χ4v) is 2.35. The number of para-hydroxylation sites is 2. The Morgan fingerprint density at radius 2 is 1.71 bits per heavy atom. The fraction of sp³-hybridized carbons (Fsp3) is 0.562. The van der Waals surface area contributed by atoms with Gasteiger partial charge in [0.1, 0.15) is 11.4 Å². The summed E-state index contributed by atoms with van der Waals surface area (Å²) < 4.78 is 10.8. The van der Waals surface area contributed by atoms with Crippen LogP contribution in [0, 0.1) is 0 Å². The zero-order valence-electron chi connectivity index (χ0n) is 13.3. The summed E-state index contributed by atoms with van der Waals surface area (Å²) in [6.45, 7) is 8.53. The molecule has 116 valence electrons. The minimum atomic E-state index is -0.448. The molecular weight excluding hydrogens is 268 g/mol. The van der Waals surface area contributed by atoms with Crippen LogP contribution < -0.4 is 9.64 Å². The average Bonchev–Trinajstić information content (AvgIpc) is 2.45. The molecule has 2 rings (SSSR count). The third-order valence-electron chi connectivity index (χ3n) is 3.36. The Bertz CT molecular complexity index is 489. The first-order valence-corrected chi connectivity index (χ1v) is 7.26. The first-order valence-electron chi connectivity index (χ1n) is 7.26.